The van der Waals surface area contributed by atoms with Gasteiger partial charge in [0.15, 0.2) is 17.3 Å². The van der Waals surface area contributed by atoms with Gasteiger partial charge in [0.1, 0.15) is 12.4 Å². The van der Waals surface area contributed by atoms with Crippen LogP contribution in [0.1, 0.15) is 23.5 Å². The van der Waals surface area contributed by atoms with Gasteiger partial charge < -0.3 is 10.1 Å². The monoisotopic (exact) mass is 314 g/mol. The minimum atomic E-state index is -0.616. The lowest BCUT2D eigenvalue weighted by atomic mass is 9.96. The highest BCUT2D eigenvalue weighted by Gasteiger charge is 2.18. The zero-order chi connectivity index (χ0) is 16.2. The molecular formula is C18H16F2N2O. The second-order valence-corrected chi connectivity index (χ2v) is 5.56. The summed E-state index contributed by atoms with van der Waals surface area (Å²) >= 11 is 0. The van der Waals surface area contributed by atoms with Crippen molar-refractivity contribution >= 4 is 5.69 Å². The molecule has 2 aromatic rings. The van der Waals surface area contributed by atoms with Crippen molar-refractivity contribution in [3.63, 3.8) is 0 Å². The van der Waals surface area contributed by atoms with Crippen LogP contribution in [0.3, 0.4) is 0 Å². The lowest BCUT2D eigenvalue weighted by Crippen LogP contribution is -2.09. The molecule has 1 N–H and O–H groups in total. The molecule has 2 aromatic carbocycles. The van der Waals surface area contributed by atoms with E-state index in [-0.39, 0.29) is 23.9 Å². The highest BCUT2D eigenvalue weighted by atomic mass is 19.1. The first-order valence-corrected chi connectivity index (χ1v) is 7.46. The van der Waals surface area contributed by atoms with Crippen molar-refractivity contribution in [1.29, 1.82) is 0 Å². The lowest BCUT2D eigenvalue weighted by molar-refractivity contribution is 0.284. The molecule has 0 spiro atoms. The molecule has 0 saturated carbocycles. The van der Waals surface area contributed by atoms with Gasteiger partial charge in [-0.3, -0.25) is 0 Å². The summed E-state index contributed by atoms with van der Waals surface area (Å²) in [4.78, 5) is 3.15. The van der Waals surface area contributed by atoms with Crippen LogP contribution in [-0.4, -0.2) is 13.1 Å². The Hall–Kier alpha value is -2.45. The van der Waals surface area contributed by atoms with Gasteiger partial charge in [-0.05, 0) is 48.7 Å². The lowest BCUT2D eigenvalue weighted by Gasteiger charge is -2.13. The van der Waals surface area contributed by atoms with Gasteiger partial charge >= 0.3 is 0 Å². The molecule has 0 unspecified atom stereocenters. The molecule has 3 rings (SSSR count). The van der Waals surface area contributed by atoms with Gasteiger partial charge in [-0.25, -0.2) is 13.6 Å². The van der Waals surface area contributed by atoms with Crippen molar-refractivity contribution in [2.75, 3.05) is 13.1 Å². The predicted molar refractivity (Wildman–Crippen MR) is 83.6 cm³/mol. The summed E-state index contributed by atoms with van der Waals surface area (Å²) in [5.74, 6) is -0.582. The van der Waals surface area contributed by atoms with Crippen molar-refractivity contribution in [1.82, 2.24) is 5.32 Å². The summed E-state index contributed by atoms with van der Waals surface area (Å²) in [6, 6.07) is 9.00. The number of benzene rings is 2. The second kappa shape index (κ2) is 6.76. The Kier molecular flexibility index (Phi) is 4.54. The molecule has 1 aliphatic rings. The van der Waals surface area contributed by atoms with Gasteiger partial charge in [0.2, 0.25) is 0 Å². The van der Waals surface area contributed by atoms with Crippen LogP contribution in [0.15, 0.2) is 36.4 Å². The van der Waals surface area contributed by atoms with Crippen molar-refractivity contribution in [3.05, 3.63) is 70.6 Å². The minimum absolute atomic E-state index is 0.0183. The highest BCUT2D eigenvalue weighted by Crippen LogP contribution is 2.26. The summed E-state index contributed by atoms with van der Waals surface area (Å²) in [5, 5.41) is 3.28. The summed E-state index contributed by atoms with van der Waals surface area (Å²) in [6.07, 6.45) is 1.03. The third kappa shape index (κ3) is 3.49. The van der Waals surface area contributed by atoms with Gasteiger partial charge in [0, 0.05) is 12.1 Å². The quantitative estimate of drug-likeness (QED) is 0.857. The standard InChI is InChI=1S/C18H16F2N2O/c1-21-15-3-5-18(17(20)9-15)23-11-14-8-12(2-4-16(14)19)13-6-7-22-10-13/h2-5,8-9,13,22H,6-7,10-11H2/t13-/m0/s1. The van der Waals surface area contributed by atoms with E-state index in [2.05, 4.69) is 10.2 Å². The van der Waals surface area contributed by atoms with Crippen molar-refractivity contribution in [2.45, 2.75) is 18.9 Å². The topological polar surface area (TPSA) is 25.6 Å². The van der Waals surface area contributed by atoms with E-state index in [4.69, 9.17) is 11.3 Å². The fourth-order valence-electron chi connectivity index (χ4n) is 2.73. The molecule has 0 aromatic heterocycles. The van der Waals surface area contributed by atoms with Crippen LogP contribution in [0.25, 0.3) is 4.85 Å². The molecule has 1 saturated heterocycles. The van der Waals surface area contributed by atoms with Gasteiger partial charge in [-0.1, -0.05) is 12.1 Å². The van der Waals surface area contributed by atoms with Gasteiger partial charge in [-0.2, -0.15) is 0 Å². The van der Waals surface area contributed by atoms with Crippen molar-refractivity contribution in [2.24, 2.45) is 0 Å². The Morgan fingerprint density at radius 2 is 2.04 bits per heavy atom. The van der Waals surface area contributed by atoms with Crippen LogP contribution in [0.2, 0.25) is 0 Å². The van der Waals surface area contributed by atoms with Crippen LogP contribution in [0, 0.1) is 18.2 Å². The number of nitrogens with one attached hydrogen (secondary N) is 1. The van der Waals surface area contributed by atoms with Crippen LogP contribution in [0.5, 0.6) is 5.75 Å². The van der Waals surface area contributed by atoms with Gasteiger partial charge in [-0.15, -0.1) is 0 Å². The van der Waals surface area contributed by atoms with Crippen molar-refractivity contribution in [3.8, 4) is 5.75 Å². The molecule has 5 heteroatoms. The first-order valence-electron chi connectivity index (χ1n) is 7.46. The van der Waals surface area contributed by atoms with E-state index in [1.807, 2.05) is 0 Å². The molecule has 1 heterocycles. The Morgan fingerprint density at radius 1 is 1.17 bits per heavy atom. The maximum atomic E-state index is 13.9. The smallest absolute Gasteiger partial charge is 0.190 e. The molecule has 0 bridgehead atoms. The Morgan fingerprint density at radius 3 is 2.74 bits per heavy atom. The molecule has 3 nitrogen and oxygen atoms in total. The van der Waals surface area contributed by atoms with E-state index in [9.17, 15) is 8.78 Å². The summed E-state index contributed by atoms with van der Waals surface area (Å²) in [5.41, 5.74) is 1.68. The third-order valence-corrected chi connectivity index (χ3v) is 4.03. The molecule has 0 amide bonds. The molecule has 0 radical (unpaired) electrons. The molecule has 1 fully saturated rings. The third-order valence-electron chi connectivity index (χ3n) is 4.03. The number of ether oxygens (including phenoxy) is 1. The number of hydrogen-bond acceptors (Lipinski definition) is 2. The van der Waals surface area contributed by atoms with E-state index in [0.717, 1.165) is 31.1 Å². The molecule has 0 aliphatic carbocycles. The normalized spacial score (nSPS) is 17.0. The van der Waals surface area contributed by atoms with Crippen LogP contribution in [0.4, 0.5) is 14.5 Å². The number of hydrogen-bond donors (Lipinski definition) is 1. The number of halogens is 2. The van der Waals surface area contributed by atoms with Gasteiger partial charge in [0.05, 0.1) is 6.57 Å². The van der Waals surface area contributed by atoms with Crippen LogP contribution in [-0.2, 0) is 6.61 Å². The average Bonchev–Trinajstić information content (AvgIpc) is 3.09. The Bertz CT molecular complexity index is 749. The van der Waals surface area contributed by atoms with E-state index in [1.54, 1.807) is 12.1 Å². The molecule has 23 heavy (non-hydrogen) atoms. The van der Waals surface area contributed by atoms with E-state index in [0.29, 0.717) is 11.5 Å². The largest absolute Gasteiger partial charge is 0.486 e. The molecular weight excluding hydrogens is 298 g/mol. The second-order valence-electron chi connectivity index (χ2n) is 5.56. The number of rotatable bonds is 4. The Balaban J connectivity index is 1.75. The SMILES string of the molecule is [C-]#[N+]c1ccc(OCc2cc([C@H]3CCNC3)ccc2F)c(F)c1. The van der Waals surface area contributed by atoms with E-state index in [1.165, 1.54) is 18.2 Å². The van der Waals surface area contributed by atoms with Crippen LogP contribution < -0.4 is 10.1 Å². The minimum Gasteiger partial charge on any atom is -0.486 e. The molecule has 1 aliphatic heterocycles. The van der Waals surface area contributed by atoms with E-state index < -0.39 is 5.82 Å². The van der Waals surface area contributed by atoms with Gasteiger partial charge in [0.25, 0.3) is 0 Å². The first kappa shape index (κ1) is 15.4. The summed E-state index contributed by atoms with van der Waals surface area (Å²) < 4.78 is 33.1. The Labute approximate surface area is 133 Å². The zero-order valence-electron chi connectivity index (χ0n) is 12.5. The van der Waals surface area contributed by atoms with E-state index >= 15 is 0 Å². The predicted octanol–water partition coefficient (Wildman–Crippen LogP) is 4.17. The molecule has 118 valence electrons. The van der Waals surface area contributed by atoms with Crippen molar-refractivity contribution < 1.29 is 13.5 Å². The summed E-state index contributed by atoms with van der Waals surface area (Å²) in [6.45, 7) is 8.65. The fraction of sp³-hybridized carbons (Fsp3) is 0.278. The zero-order valence-corrected chi connectivity index (χ0v) is 12.5. The van der Waals surface area contributed by atoms with Crippen LogP contribution >= 0.6 is 0 Å². The average molecular weight is 314 g/mol. The highest BCUT2D eigenvalue weighted by molar-refractivity contribution is 5.48. The maximum absolute atomic E-state index is 13.9. The fourth-order valence-corrected chi connectivity index (χ4v) is 2.73. The summed E-state index contributed by atoms with van der Waals surface area (Å²) in [7, 11) is 0. The number of nitrogens with zero attached hydrogens (tertiary/aromatic N) is 1. The maximum Gasteiger partial charge on any atom is 0.190 e. The molecule has 1 atom stereocenters. The first-order chi connectivity index (χ1) is 11.2.